The Morgan fingerprint density at radius 3 is 2.81 bits per heavy atom. The van der Waals surface area contributed by atoms with Crippen LogP contribution in [0.5, 0.6) is 0 Å². The Kier molecular flexibility index (Phi) is 4.47. The predicted molar refractivity (Wildman–Crippen MR) is 75.7 cm³/mol. The van der Waals surface area contributed by atoms with Crippen molar-refractivity contribution in [1.82, 2.24) is 10.2 Å². The number of aliphatic carboxylic acids is 1. The van der Waals surface area contributed by atoms with Crippen LogP contribution in [0.3, 0.4) is 0 Å². The third-order valence-electron chi connectivity index (χ3n) is 3.53. The summed E-state index contributed by atoms with van der Waals surface area (Å²) in [5.74, 6) is -2.35. The van der Waals surface area contributed by atoms with E-state index in [9.17, 15) is 14.4 Å². The molecule has 2 amide bonds. The molecule has 0 bridgehead atoms. The van der Waals surface area contributed by atoms with Gasteiger partial charge in [0.05, 0.1) is 12.0 Å². The van der Waals surface area contributed by atoms with Crippen LogP contribution in [0.4, 0.5) is 0 Å². The molecule has 0 aliphatic carbocycles. The van der Waals surface area contributed by atoms with Crippen LogP contribution in [0.25, 0.3) is 0 Å². The molecule has 21 heavy (non-hydrogen) atoms. The number of hydrogen-bond donors (Lipinski definition) is 2. The molecule has 2 unspecified atom stereocenters. The molecule has 0 aromatic heterocycles. The minimum Gasteiger partial charge on any atom is -0.480 e. The summed E-state index contributed by atoms with van der Waals surface area (Å²) in [4.78, 5) is 36.0. The van der Waals surface area contributed by atoms with Gasteiger partial charge in [-0.2, -0.15) is 0 Å². The summed E-state index contributed by atoms with van der Waals surface area (Å²) >= 11 is 5.96. The molecule has 2 atom stereocenters. The van der Waals surface area contributed by atoms with E-state index in [4.69, 9.17) is 16.7 Å². The molecule has 2 rings (SSSR count). The Bertz CT molecular complexity index is 590. The summed E-state index contributed by atoms with van der Waals surface area (Å²) < 4.78 is 0. The fourth-order valence-electron chi connectivity index (χ4n) is 2.55. The first-order valence-corrected chi connectivity index (χ1v) is 6.78. The molecule has 1 fully saturated rings. The second-order valence-electron chi connectivity index (χ2n) is 4.93. The molecule has 0 radical (unpaired) electrons. The second-order valence-corrected chi connectivity index (χ2v) is 5.36. The highest BCUT2D eigenvalue weighted by Gasteiger charge is 2.42. The summed E-state index contributed by atoms with van der Waals surface area (Å²) in [7, 11) is 1.62. The summed E-state index contributed by atoms with van der Waals surface area (Å²) in [6.45, 7) is -0.463. The maximum absolute atomic E-state index is 12.1. The third kappa shape index (κ3) is 3.33. The molecule has 7 heteroatoms. The first-order chi connectivity index (χ1) is 9.90. The summed E-state index contributed by atoms with van der Waals surface area (Å²) in [6.07, 6.45) is 0.0547. The smallest absolute Gasteiger partial charge is 0.322 e. The zero-order valence-electron chi connectivity index (χ0n) is 11.4. The van der Waals surface area contributed by atoms with Gasteiger partial charge in [0.25, 0.3) is 0 Å². The van der Waals surface area contributed by atoms with Crippen molar-refractivity contribution in [2.75, 3.05) is 13.6 Å². The van der Waals surface area contributed by atoms with Crippen molar-refractivity contribution in [2.45, 2.75) is 12.5 Å². The average molecular weight is 311 g/mol. The van der Waals surface area contributed by atoms with Crippen molar-refractivity contribution < 1.29 is 19.5 Å². The Labute approximate surface area is 126 Å². The molecule has 1 heterocycles. The van der Waals surface area contributed by atoms with E-state index in [1.54, 1.807) is 31.3 Å². The first-order valence-electron chi connectivity index (χ1n) is 6.40. The van der Waals surface area contributed by atoms with Crippen LogP contribution in [0.1, 0.15) is 18.0 Å². The lowest BCUT2D eigenvalue weighted by molar-refractivity contribution is -0.138. The lowest BCUT2D eigenvalue weighted by Crippen LogP contribution is -2.37. The van der Waals surface area contributed by atoms with Crippen LogP contribution >= 0.6 is 11.6 Å². The van der Waals surface area contributed by atoms with Crippen molar-refractivity contribution in [2.24, 2.45) is 5.92 Å². The Hall–Kier alpha value is -2.08. The van der Waals surface area contributed by atoms with Crippen molar-refractivity contribution in [1.29, 1.82) is 0 Å². The first kappa shape index (κ1) is 15.3. The molecule has 2 N–H and O–H groups in total. The quantitative estimate of drug-likeness (QED) is 0.870. The van der Waals surface area contributed by atoms with Gasteiger partial charge in [0, 0.05) is 18.5 Å². The van der Waals surface area contributed by atoms with Crippen LogP contribution in [-0.4, -0.2) is 41.4 Å². The SMILES string of the molecule is CN1C(=O)CC(C(=O)NCC(=O)O)C1c1cccc(Cl)c1. The fourth-order valence-corrected chi connectivity index (χ4v) is 2.74. The van der Waals surface area contributed by atoms with E-state index >= 15 is 0 Å². The van der Waals surface area contributed by atoms with E-state index in [0.29, 0.717) is 5.02 Å². The number of rotatable bonds is 4. The molecule has 6 nitrogen and oxygen atoms in total. The number of carbonyl (C=O) groups excluding carboxylic acids is 2. The normalized spacial score (nSPS) is 21.4. The van der Waals surface area contributed by atoms with Crippen LogP contribution in [0, 0.1) is 5.92 Å². The van der Waals surface area contributed by atoms with E-state index in [2.05, 4.69) is 5.32 Å². The van der Waals surface area contributed by atoms with Gasteiger partial charge in [0.1, 0.15) is 6.54 Å². The van der Waals surface area contributed by atoms with Gasteiger partial charge in [-0.15, -0.1) is 0 Å². The topological polar surface area (TPSA) is 86.7 Å². The lowest BCUT2D eigenvalue weighted by atomic mass is 9.93. The number of hydrogen-bond acceptors (Lipinski definition) is 3. The molecule has 1 saturated heterocycles. The van der Waals surface area contributed by atoms with Crippen LogP contribution in [0.15, 0.2) is 24.3 Å². The molecule has 0 spiro atoms. The summed E-state index contributed by atoms with van der Waals surface area (Å²) in [5.41, 5.74) is 0.756. The summed E-state index contributed by atoms with van der Waals surface area (Å²) in [6, 6.07) is 6.52. The van der Waals surface area contributed by atoms with Crippen LogP contribution < -0.4 is 5.32 Å². The summed E-state index contributed by atoms with van der Waals surface area (Å²) in [5, 5.41) is 11.5. The Balaban J connectivity index is 2.24. The van der Waals surface area contributed by atoms with Gasteiger partial charge in [-0.1, -0.05) is 23.7 Å². The van der Waals surface area contributed by atoms with Gasteiger partial charge in [-0.25, -0.2) is 0 Å². The molecule has 1 aliphatic rings. The predicted octanol–water partition coefficient (Wildman–Crippen LogP) is 1.06. The monoisotopic (exact) mass is 310 g/mol. The van der Waals surface area contributed by atoms with Gasteiger partial charge >= 0.3 is 5.97 Å². The zero-order valence-corrected chi connectivity index (χ0v) is 12.1. The van der Waals surface area contributed by atoms with Gasteiger partial charge in [-0.05, 0) is 17.7 Å². The van der Waals surface area contributed by atoms with Gasteiger partial charge < -0.3 is 15.3 Å². The minimum atomic E-state index is -1.12. The lowest BCUT2D eigenvalue weighted by Gasteiger charge is -2.24. The van der Waals surface area contributed by atoms with E-state index in [1.165, 1.54) is 4.90 Å². The van der Waals surface area contributed by atoms with Crippen LogP contribution in [-0.2, 0) is 14.4 Å². The number of nitrogens with zero attached hydrogens (tertiary/aromatic N) is 1. The van der Waals surface area contributed by atoms with Crippen molar-refractivity contribution in [3.05, 3.63) is 34.9 Å². The zero-order chi connectivity index (χ0) is 15.6. The number of carbonyl (C=O) groups is 3. The van der Waals surface area contributed by atoms with Crippen LogP contribution in [0.2, 0.25) is 5.02 Å². The maximum atomic E-state index is 12.1. The molecular weight excluding hydrogens is 296 g/mol. The highest BCUT2D eigenvalue weighted by molar-refractivity contribution is 6.30. The van der Waals surface area contributed by atoms with E-state index in [0.717, 1.165) is 5.56 Å². The standard InChI is InChI=1S/C14H15ClN2O4/c1-17-11(18)6-10(14(21)16-7-12(19)20)13(17)8-3-2-4-9(15)5-8/h2-5,10,13H,6-7H2,1H3,(H,16,21)(H,19,20). The number of nitrogens with one attached hydrogen (secondary N) is 1. The fraction of sp³-hybridized carbons (Fsp3) is 0.357. The molecule has 0 saturated carbocycles. The highest BCUT2D eigenvalue weighted by Crippen LogP contribution is 2.37. The molecule has 1 aliphatic heterocycles. The van der Waals surface area contributed by atoms with E-state index in [-0.39, 0.29) is 12.3 Å². The average Bonchev–Trinajstić information content (AvgIpc) is 2.72. The van der Waals surface area contributed by atoms with Gasteiger partial charge in [-0.3, -0.25) is 14.4 Å². The van der Waals surface area contributed by atoms with Crippen molar-refractivity contribution in [3.8, 4) is 0 Å². The maximum Gasteiger partial charge on any atom is 0.322 e. The molecule has 1 aromatic rings. The third-order valence-corrected chi connectivity index (χ3v) is 3.76. The molecule has 112 valence electrons. The number of amides is 2. The number of benzene rings is 1. The highest BCUT2D eigenvalue weighted by atomic mass is 35.5. The van der Waals surface area contributed by atoms with E-state index < -0.39 is 30.4 Å². The largest absolute Gasteiger partial charge is 0.480 e. The number of carboxylic acid groups (broad SMARTS) is 1. The molecule has 1 aromatic carbocycles. The second kappa shape index (κ2) is 6.13. The van der Waals surface area contributed by atoms with Crippen molar-refractivity contribution >= 4 is 29.4 Å². The van der Waals surface area contributed by atoms with Gasteiger partial charge in [0.15, 0.2) is 0 Å². The molecular formula is C14H15ClN2O4. The van der Waals surface area contributed by atoms with Crippen molar-refractivity contribution in [3.63, 3.8) is 0 Å². The number of likely N-dealkylation sites (tertiary alicyclic amines) is 1. The number of halogens is 1. The Morgan fingerprint density at radius 1 is 1.48 bits per heavy atom. The van der Waals surface area contributed by atoms with Gasteiger partial charge in [0.2, 0.25) is 11.8 Å². The minimum absolute atomic E-state index is 0.0547. The Morgan fingerprint density at radius 2 is 2.19 bits per heavy atom. The number of carboxylic acids is 1. The van der Waals surface area contributed by atoms with E-state index in [1.807, 2.05) is 0 Å².